The highest BCUT2D eigenvalue weighted by molar-refractivity contribution is 7.10. The first-order valence-corrected chi connectivity index (χ1v) is 6.56. The maximum Gasteiger partial charge on any atom is 0.0775 e. The van der Waals surface area contributed by atoms with Crippen molar-refractivity contribution < 1.29 is 4.74 Å². The molecule has 1 aromatic heterocycles. The SMILES string of the molecule is CCCC(OCC)C(N)c1sccc1Cl. The fourth-order valence-corrected chi connectivity index (χ4v) is 2.81. The van der Waals surface area contributed by atoms with Crippen LogP contribution in [0.15, 0.2) is 11.4 Å². The van der Waals surface area contributed by atoms with Gasteiger partial charge in [0.2, 0.25) is 0 Å². The molecule has 0 amide bonds. The van der Waals surface area contributed by atoms with E-state index in [2.05, 4.69) is 6.92 Å². The first-order valence-electron chi connectivity index (χ1n) is 5.30. The van der Waals surface area contributed by atoms with E-state index in [4.69, 9.17) is 22.1 Å². The molecule has 1 aromatic rings. The van der Waals surface area contributed by atoms with Gasteiger partial charge in [-0.3, -0.25) is 0 Å². The van der Waals surface area contributed by atoms with Gasteiger partial charge < -0.3 is 10.5 Å². The van der Waals surface area contributed by atoms with Crippen molar-refractivity contribution in [3.05, 3.63) is 21.3 Å². The predicted molar refractivity (Wildman–Crippen MR) is 66.6 cm³/mol. The van der Waals surface area contributed by atoms with Gasteiger partial charge >= 0.3 is 0 Å². The summed E-state index contributed by atoms with van der Waals surface area (Å²) in [6.07, 6.45) is 2.13. The van der Waals surface area contributed by atoms with Crippen molar-refractivity contribution in [2.75, 3.05) is 6.61 Å². The highest BCUT2D eigenvalue weighted by atomic mass is 35.5. The van der Waals surface area contributed by atoms with Crippen LogP contribution in [0, 0.1) is 0 Å². The van der Waals surface area contributed by atoms with Gasteiger partial charge in [0.25, 0.3) is 0 Å². The van der Waals surface area contributed by atoms with Crippen molar-refractivity contribution >= 4 is 22.9 Å². The third-order valence-corrected chi connectivity index (χ3v) is 3.76. The zero-order chi connectivity index (χ0) is 11.3. The Hall–Kier alpha value is -0.0900. The first-order chi connectivity index (χ1) is 7.20. The van der Waals surface area contributed by atoms with Gasteiger partial charge in [0.1, 0.15) is 0 Å². The van der Waals surface area contributed by atoms with Gasteiger partial charge in [-0.1, -0.05) is 24.9 Å². The van der Waals surface area contributed by atoms with Crippen LogP contribution in [0.1, 0.15) is 37.6 Å². The molecule has 2 nitrogen and oxygen atoms in total. The Morgan fingerprint density at radius 1 is 1.53 bits per heavy atom. The Kier molecular flexibility index (Phi) is 5.61. The summed E-state index contributed by atoms with van der Waals surface area (Å²) in [5, 5.41) is 2.72. The van der Waals surface area contributed by atoms with E-state index in [1.165, 1.54) is 0 Å². The molecule has 2 unspecified atom stereocenters. The highest BCUT2D eigenvalue weighted by Gasteiger charge is 2.22. The zero-order valence-corrected chi connectivity index (χ0v) is 10.8. The molecule has 1 rings (SSSR count). The quantitative estimate of drug-likeness (QED) is 0.834. The third-order valence-electron chi connectivity index (χ3n) is 2.30. The molecule has 0 radical (unpaired) electrons. The minimum Gasteiger partial charge on any atom is -0.377 e. The highest BCUT2D eigenvalue weighted by Crippen LogP contribution is 2.31. The maximum absolute atomic E-state index is 6.16. The van der Waals surface area contributed by atoms with Gasteiger partial charge in [-0.15, -0.1) is 11.3 Å². The molecule has 0 aliphatic heterocycles. The summed E-state index contributed by atoms with van der Waals surface area (Å²) in [5.41, 5.74) is 6.16. The van der Waals surface area contributed by atoms with Gasteiger partial charge in [0, 0.05) is 11.5 Å². The molecule has 0 aliphatic rings. The van der Waals surface area contributed by atoms with Crippen LogP contribution in [-0.2, 0) is 4.74 Å². The number of ether oxygens (including phenoxy) is 1. The van der Waals surface area contributed by atoms with Crippen LogP contribution in [0.2, 0.25) is 5.02 Å². The van der Waals surface area contributed by atoms with E-state index < -0.39 is 0 Å². The predicted octanol–water partition coefficient (Wildman–Crippen LogP) is 3.61. The lowest BCUT2D eigenvalue weighted by molar-refractivity contribution is 0.0382. The second-order valence-corrected chi connectivity index (χ2v) is 4.80. The average Bonchev–Trinajstić information content (AvgIpc) is 2.63. The number of hydrogen-bond acceptors (Lipinski definition) is 3. The van der Waals surface area contributed by atoms with Crippen molar-refractivity contribution in [2.24, 2.45) is 5.73 Å². The fraction of sp³-hybridized carbons (Fsp3) is 0.636. The molecule has 0 saturated heterocycles. The Morgan fingerprint density at radius 3 is 2.73 bits per heavy atom. The number of thiophene rings is 1. The van der Waals surface area contributed by atoms with Crippen molar-refractivity contribution in [1.82, 2.24) is 0 Å². The van der Waals surface area contributed by atoms with Gasteiger partial charge in [-0.05, 0) is 24.8 Å². The van der Waals surface area contributed by atoms with Crippen LogP contribution < -0.4 is 5.73 Å². The molecule has 1 heterocycles. The van der Waals surface area contributed by atoms with Crippen LogP contribution in [0.5, 0.6) is 0 Å². The van der Waals surface area contributed by atoms with Gasteiger partial charge in [-0.2, -0.15) is 0 Å². The number of rotatable bonds is 6. The smallest absolute Gasteiger partial charge is 0.0775 e. The Balaban J connectivity index is 2.71. The summed E-state index contributed by atoms with van der Waals surface area (Å²) in [5.74, 6) is 0. The topological polar surface area (TPSA) is 35.2 Å². The van der Waals surface area contributed by atoms with E-state index in [-0.39, 0.29) is 12.1 Å². The molecule has 0 bridgehead atoms. The summed E-state index contributed by atoms with van der Waals surface area (Å²) >= 11 is 7.65. The van der Waals surface area contributed by atoms with Crippen LogP contribution in [0.4, 0.5) is 0 Å². The van der Waals surface area contributed by atoms with Gasteiger partial charge in [0.15, 0.2) is 0 Å². The fourth-order valence-electron chi connectivity index (χ4n) is 1.58. The first kappa shape index (κ1) is 13.0. The minimum atomic E-state index is -0.0996. The van der Waals surface area contributed by atoms with E-state index in [1.807, 2.05) is 18.4 Å². The van der Waals surface area contributed by atoms with Crippen molar-refractivity contribution in [1.29, 1.82) is 0 Å². The molecule has 4 heteroatoms. The largest absolute Gasteiger partial charge is 0.377 e. The van der Waals surface area contributed by atoms with E-state index >= 15 is 0 Å². The number of nitrogens with two attached hydrogens (primary N) is 1. The lowest BCUT2D eigenvalue weighted by Gasteiger charge is -2.22. The van der Waals surface area contributed by atoms with Crippen molar-refractivity contribution in [3.63, 3.8) is 0 Å². The molecule has 0 fully saturated rings. The maximum atomic E-state index is 6.16. The summed E-state index contributed by atoms with van der Waals surface area (Å²) in [6, 6.07) is 1.79. The molecular weight excluding hydrogens is 230 g/mol. The van der Waals surface area contributed by atoms with E-state index in [9.17, 15) is 0 Å². The second-order valence-electron chi connectivity index (χ2n) is 3.44. The molecule has 0 aromatic carbocycles. The van der Waals surface area contributed by atoms with Crippen LogP contribution in [0.3, 0.4) is 0 Å². The van der Waals surface area contributed by atoms with Gasteiger partial charge in [0.05, 0.1) is 17.2 Å². The van der Waals surface area contributed by atoms with Crippen LogP contribution in [0.25, 0.3) is 0 Å². The molecular formula is C11H18ClNOS. The Bertz CT molecular complexity index is 284. The molecule has 0 aliphatic carbocycles. The number of hydrogen-bond donors (Lipinski definition) is 1. The lowest BCUT2D eigenvalue weighted by Crippen LogP contribution is -2.28. The van der Waals surface area contributed by atoms with E-state index in [0.717, 1.165) is 22.7 Å². The van der Waals surface area contributed by atoms with E-state index in [1.54, 1.807) is 11.3 Å². The zero-order valence-electron chi connectivity index (χ0n) is 9.20. The molecule has 0 saturated carbocycles. The summed E-state index contributed by atoms with van der Waals surface area (Å²) in [7, 11) is 0. The van der Waals surface area contributed by atoms with Crippen LogP contribution in [-0.4, -0.2) is 12.7 Å². The summed E-state index contributed by atoms with van der Waals surface area (Å²) in [4.78, 5) is 1.03. The average molecular weight is 248 g/mol. The van der Waals surface area contributed by atoms with Crippen LogP contribution >= 0.6 is 22.9 Å². The monoisotopic (exact) mass is 247 g/mol. The molecule has 2 N–H and O–H groups in total. The van der Waals surface area contributed by atoms with Gasteiger partial charge in [-0.25, -0.2) is 0 Å². The molecule has 0 spiro atoms. The summed E-state index contributed by atoms with van der Waals surface area (Å²) in [6.45, 7) is 4.82. The van der Waals surface area contributed by atoms with Crippen molar-refractivity contribution in [3.8, 4) is 0 Å². The standard InChI is InChI=1S/C11H18ClNOS/c1-3-5-9(14-4-2)10(13)11-8(12)6-7-15-11/h6-7,9-10H,3-5,13H2,1-2H3. The van der Waals surface area contributed by atoms with E-state index in [0.29, 0.717) is 6.61 Å². The molecule has 2 atom stereocenters. The normalized spacial score (nSPS) is 15.2. The van der Waals surface area contributed by atoms with Crippen molar-refractivity contribution in [2.45, 2.75) is 38.8 Å². The Morgan fingerprint density at radius 2 is 2.27 bits per heavy atom. The lowest BCUT2D eigenvalue weighted by atomic mass is 10.1. The molecule has 86 valence electrons. The second kappa shape index (κ2) is 6.48. The molecule has 15 heavy (non-hydrogen) atoms. The third kappa shape index (κ3) is 3.45. The minimum absolute atomic E-state index is 0.0798. The Labute approximate surface area is 100 Å². The number of halogens is 1. The summed E-state index contributed by atoms with van der Waals surface area (Å²) < 4.78 is 5.65.